The highest BCUT2D eigenvalue weighted by atomic mass is 16.5. The molecule has 8 nitrogen and oxygen atoms in total. The molecule has 0 spiro atoms. The molecule has 14 heavy (non-hydrogen) atoms. The van der Waals surface area contributed by atoms with Crippen molar-refractivity contribution in [2.75, 3.05) is 0 Å². The zero-order valence-corrected chi connectivity index (χ0v) is 6.97. The average Bonchev–Trinajstić information content (AvgIpc) is 2.71. The normalized spacial score (nSPS) is 13.4. The van der Waals surface area contributed by atoms with Gasteiger partial charge in [0.15, 0.2) is 0 Å². The SMILES string of the molecule is O[n+]1n[nH]c2c1=Cc1[nH]nnc1CN=2. The van der Waals surface area contributed by atoms with E-state index < -0.39 is 0 Å². The molecule has 0 aliphatic carbocycles. The van der Waals surface area contributed by atoms with Crippen LogP contribution in [0.1, 0.15) is 11.4 Å². The summed E-state index contributed by atoms with van der Waals surface area (Å²) >= 11 is 0. The topological polar surface area (TPSA) is 107 Å². The zero-order chi connectivity index (χ0) is 9.54. The summed E-state index contributed by atoms with van der Waals surface area (Å²) in [7, 11) is 0. The van der Waals surface area contributed by atoms with Gasteiger partial charge in [-0.2, -0.15) is 0 Å². The Kier molecular flexibility index (Phi) is 1.22. The smallest absolute Gasteiger partial charge is 0.289 e. The minimum absolute atomic E-state index is 0.414. The van der Waals surface area contributed by atoms with Crippen molar-refractivity contribution in [2.45, 2.75) is 6.54 Å². The van der Waals surface area contributed by atoms with Crippen LogP contribution in [0.3, 0.4) is 0 Å². The van der Waals surface area contributed by atoms with Crippen molar-refractivity contribution in [3.8, 4) is 0 Å². The maximum atomic E-state index is 9.31. The van der Waals surface area contributed by atoms with E-state index in [4.69, 9.17) is 0 Å². The number of aromatic amines is 2. The minimum atomic E-state index is 0.414. The Hall–Kier alpha value is -2.25. The molecule has 2 aromatic rings. The van der Waals surface area contributed by atoms with Gasteiger partial charge in [0.25, 0.3) is 10.8 Å². The Bertz CT molecular complexity index is 594. The van der Waals surface area contributed by atoms with Crippen molar-refractivity contribution in [1.29, 1.82) is 0 Å². The number of hydrogen-bond donors (Lipinski definition) is 3. The van der Waals surface area contributed by atoms with Gasteiger partial charge in [-0.15, -0.1) is 10.2 Å². The summed E-state index contributed by atoms with van der Waals surface area (Å²) in [5.41, 5.74) is 2.00. The van der Waals surface area contributed by atoms with E-state index >= 15 is 0 Å². The quantitative estimate of drug-likeness (QED) is 0.305. The van der Waals surface area contributed by atoms with Gasteiger partial charge in [0, 0.05) is 6.08 Å². The first-order chi connectivity index (χ1) is 6.84. The molecule has 3 heterocycles. The Morgan fingerprint density at radius 1 is 1.43 bits per heavy atom. The summed E-state index contributed by atoms with van der Waals surface area (Å²) in [6.07, 6.45) is 1.69. The lowest BCUT2D eigenvalue weighted by molar-refractivity contribution is -0.957. The van der Waals surface area contributed by atoms with E-state index in [0.29, 0.717) is 17.4 Å². The summed E-state index contributed by atoms with van der Waals surface area (Å²) in [6, 6.07) is 0. The fourth-order valence-corrected chi connectivity index (χ4v) is 1.32. The van der Waals surface area contributed by atoms with Crippen LogP contribution in [0.4, 0.5) is 0 Å². The lowest BCUT2D eigenvalue weighted by Gasteiger charge is -1.85. The molecule has 8 heteroatoms. The summed E-state index contributed by atoms with van der Waals surface area (Å²) in [5.74, 6) is 0. The van der Waals surface area contributed by atoms with Gasteiger partial charge >= 0.3 is 0 Å². The van der Waals surface area contributed by atoms with Gasteiger partial charge in [-0.1, -0.05) is 5.21 Å². The van der Waals surface area contributed by atoms with Crippen molar-refractivity contribution in [3.63, 3.8) is 0 Å². The number of H-pyrrole nitrogens is 2. The molecule has 0 bridgehead atoms. The zero-order valence-electron chi connectivity index (χ0n) is 6.97. The first kappa shape index (κ1) is 7.18. The van der Waals surface area contributed by atoms with Crippen LogP contribution in [0.5, 0.6) is 0 Å². The lowest BCUT2D eigenvalue weighted by Crippen LogP contribution is -2.52. The van der Waals surface area contributed by atoms with Gasteiger partial charge in [-0.05, 0) is 0 Å². The van der Waals surface area contributed by atoms with Gasteiger partial charge in [0.2, 0.25) is 0 Å². The van der Waals surface area contributed by atoms with E-state index in [1.165, 1.54) is 0 Å². The van der Waals surface area contributed by atoms with E-state index in [1.807, 2.05) is 0 Å². The highest BCUT2D eigenvalue weighted by Gasteiger charge is 2.14. The number of nitrogens with zero attached hydrogens (tertiary/aromatic N) is 5. The van der Waals surface area contributed by atoms with Crippen LogP contribution in [-0.4, -0.2) is 30.9 Å². The third-order valence-electron chi connectivity index (χ3n) is 2.03. The molecular weight excluding hydrogens is 186 g/mol. The van der Waals surface area contributed by atoms with Crippen LogP contribution in [0, 0.1) is 0 Å². The fourth-order valence-electron chi connectivity index (χ4n) is 1.32. The highest BCUT2D eigenvalue weighted by Crippen LogP contribution is 2.03. The van der Waals surface area contributed by atoms with Crippen LogP contribution in [0.25, 0.3) is 6.08 Å². The summed E-state index contributed by atoms with van der Waals surface area (Å²) < 4.78 is 0. The van der Waals surface area contributed by atoms with Gasteiger partial charge < -0.3 is 5.21 Å². The van der Waals surface area contributed by atoms with Gasteiger partial charge in [-0.25, -0.2) is 4.99 Å². The van der Waals surface area contributed by atoms with Crippen molar-refractivity contribution in [2.24, 2.45) is 4.99 Å². The van der Waals surface area contributed by atoms with Crippen molar-refractivity contribution in [1.82, 2.24) is 25.7 Å². The second-order valence-corrected chi connectivity index (χ2v) is 2.87. The molecule has 70 valence electrons. The Morgan fingerprint density at radius 3 is 3.29 bits per heavy atom. The van der Waals surface area contributed by atoms with Crippen LogP contribution in [-0.2, 0) is 6.54 Å². The number of fused-ring (bicyclic) bond motifs is 2. The van der Waals surface area contributed by atoms with E-state index in [1.54, 1.807) is 6.08 Å². The fraction of sp³-hybridized carbons (Fsp3) is 0.167. The molecule has 0 amide bonds. The van der Waals surface area contributed by atoms with Crippen molar-refractivity contribution >= 4 is 6.08 Å². The average molecular weight is 192 g/mol. The monoisotopic (exact) mass is 192 g/mol. The Labute approximate surface area is 76.5 Å². The lowest BCUT2D eigenvalue weighted by atomic mass is 10.3. The Morgan fingerprint density at radius 2 is 2.36 bits per heavy atom. The molecule has 0 radical (unpaired) electrons. The molecule has 2 aromatic heterocycles. The van der Waals surface area contributed by atoms with Crippen LogP contribution in [0.15, 0.2) is 4.99 Å². The summed E-state index contributed by atoms with van der Waals surface area (Å²) in [5, 5.41) is 26.2. The molecule has 1 aliphatic heterocycles. The van der Waals surface area contributed by atoms with Gasteiger partial charge in [0.1, 0.15) is 10.9 Å². The second-order valence-electron chi connectivity index (χ2n) is 2.87. The molecule has 3 N–H and O–H groups in total. The molecule has 0 saturated heterocycles. The minimum Gasteiger partial charge on any atom is -0.329 e. The molecule has 0 atom stereocenters. The number of aromatic nitrogens is 6. The largest absolute Gasteiger partial charge is 0.329 e. The Balaban J connectivity index is 2.41. The molecular formula is C6H6N7O+. The number of rotatable bonds is 0. The van der Waals surface area contributed by atoms with Gasteiger partial charge in [-0.3, -0.25) is 5.10 Å². The van der Waals surface area contributed by atoms with Crippen LogP contribution >= 0.6 is 0 Å². The molecule has 0 fully saturated rings. The maximum Gasteiger partial charge on any atom is 0.289 e. The number of nitrogens with one attached hydrogen (secondary N) is 2. The van der Waals surface area contributed by atoms with Crippen LogP contribution < -0.4 is 15.7 Å². The van der Waals surface area contributed by atoms with Crippen molar-refractivity contribution in [3.05, 3.63) is 22.2 Å². The first-order valence-corrected chi connectivity index (χ1v) is 3.97. The third-order valence-corrected chi connectivity index (χ3v) is 2.03. The van der Waals surface area contributed by atoms with E-state index in [9.17, 15) is 5.21 Å². The van der Waals surface area contributed by atoms with Crippen LogP contribution in [0.2, 0.25) is 0 Å². The summed E-state index contributed by atoms with van der Waals surface area (Å²) in [4.78, 5) is 4.90. The summed E-state index contributed by atoms with van der Waals surface area (Å²) in [6.45, 7) is 0.414. The van der Waals surface area contributed by atoms with E-state index in [-0.39, 0.29) is 0 Å². The maximum absolute atomic E-state index is 9.31. The number of hydrogen-bond acceptors (Lipinski definition) is 5. The predicted octanol–water partition coefficient (Wildman–Crippen LogP) is -2.99. The molecule has 0 unspecified atom stereocenters. The highest BCUT2D eigenvalue weighted by molar-refractivity contribution is 5.44. The van der Waals surface area contributed by atoms with E-state index in [2.05, 4.69) is 30.7 Å². The predicted molar refractivity (Wildman–Crippen MR) is 40.4 cm³/mol. The molecule has 1 aliphatic rings. The second kappa shape index (κ2) is 2.37. The third kappa shape index (κ3) is 0.843. The molecule has 0 aromatic carbocycles. The van der Waals surface area contributed by atoms with Gasteiger partial charge in [0.05, 0.1) is 17.1 Å². The van der Waals surface area contributed by atoms with Crippen molar-refractivity contribution < 1.29 is 10.1 Å². The first-order valence-electron chi connectivity index (χ1n) is 3.97. The van der Waals surface area contributed by atoms with E-state index in [0.717, 1.165) is 16.2 Å². The molecule has 3 rings (SSSR count). The molecule has 0 saturated carbocycles. The standard InChI is InChI=1S/C6H5N7O/c14-13-5-1-3-4(9-11-8-3)2-7-6(5)10-12-13/h1,14H,2H2,(H,7,8,9,11)/p+1.